The summed E-state index contributed by atoms with van der Waals surface area (Å²) in [5, 5.41) is 12.7. The molecule has 0 aromatic carbocycles. The monoisotopic (exact) mass is 397 g/mol. The summed E-state index contributed by atoms with van der Waals surface area (Å²) in [6, 6.07) is 3.20. The van der Waals surface area contributed by atoms with E-state index >= 15 is 0 Å². The van der Waals surface area contributed by atoms with Crippen LogP contribution in [0.15, 0.2) is 23.4 Å². The van der Waals surface area contributed by atoms with Crippen LogP contribution in [0.3, 0.4) is 0 Å². The zero-order chi connectivity index (χ0) is 19.8. The lowest BCUT2D eigenvalue weighted by molar-refractivity contribution is -0.144. The topological polar surface area (TPSA) is 95.1 Å². The van der Waals surface area contributed by atoms with E-state index < -0.39 is 23.1 Å². The van der Waals surface area contributed by atoms with Gasteiger partial charge < -0.3 is 10.1 Å². The van der Waals surface area contributed by atoms with Crippen LogP contribution in [-0.4, -0.2) is 32.9 Å². The molecule has 1 unspecified atom stereocenters. The molecule has 3 rings (SSSR count). The van der Waals surface area contributed by atoms with Crippen molar-refractivity contribution in [2.45, 2.75) is 50.3 Å². The largest absolute Gasteiger partial charge is 0.373 e. The Labute approximate surface area is 159 Å². The molecule has 1 saturated heterocycles. The quantitative estimate of drug-likeness (QED) is 0.728. The molecule has 0 saturated carbocycles. The Morgan fingerprint density at radius 1 is 1.56 bits per heavy atom. The maximum Gasteiger partial charge on any atom is 0.289 e. The summed E-state index contributed by atoms with van der Waals surface area (Å²) in [5.41, 5.74) is -0.240. The molecule has 3 N–H and O–H groups in total. The predicted molar refractivity (Wildman–Crippen MR) is 97.7 cm³/mol. The van der Waals surface area contributed by atoms with Crippen LogP contribution in [0.4, 0.5) is 14.5 Å². The Balaban J connectivity index is 1.96. The summed E-state index contributed by atoms with van der Waals surface area (Å²) in [6.07, 6.45) is 2.27. The van der Waals surface area contributed by atoms with E-state index in [2.05, 4.69) is 15.4 Å². The molecule has 1 atom stereocenters. The second-order valence-electron chi connectivity index (χ2n) is 6.87. The fourth-order valence-electron chi connectivity index (χ4n) is 3.00. The lowest BCUT2D eigenvalue weighted by atomic mass is 9.97. The van der Waals surface area contributed by atoms with Gasteiger partial charge in [-0.2, -0.15) is 13.9 Å². The number of carbonyl (C=O) groups is 1. The van der Waals surface area contributed by atoms with Gasteiger partial charge in [-0.3, -0.25) is 14.6 Å². The van der Waals surface area contributed by atoms with Crippen molar-refractivity contribution in [3.8, 4) is 0 Å². The van der Waals surface area contributed by atoms with E-state index in [0.717, 1.165) is 25.3 Å². The lowest BCUT2D eigenvalue weighted by Gasteiger charge is -2.38. The first-order valence-corrected chi connectivity index (χ1v) is 9.25. The van der Waals surface area contributed by atoms with Gasteiger partial charge in [-0.15, -0.1) is 0 Å². The Morgan fingerprint density at radius 2 is 2.26 bits per heavy atom. The molecule has 1 amide bonds. The normalized spacial score (nSPS) is 19.6. The highest BCUT2D eigenvalue weighted by atomic mass is 32.2. The van der Waals surface area contributed by atoms with Crippen molar-refractivity contribution in [1.29, 1.82) is 0 Å². The fraction of sp³-hybridized carbons (Fsp3) is 0.471. The van der Waals surface area contributed by atoms with Crippen LogP contribution in [0.5, 0.6) is 0 Å². The highest BCUT2D eigenvalue weighted by Gasteiger charge is 2.39. The van der Waals surface area contributed by atoms with Crippen LogP contribution in [0.2, 0.25) is 0 Å². The number of amides is 1. The van der Waals surface area contributed by atoms with Crippen LogP contribution in [0, 0.1) is 6.92 Å². The highest BCUT2D eigenvalue weighted by Crippen LogP contribution is 2.33. The number of ether oxygens (including phenoxy) is 1. The Bertz CT molecular complexity index is 861. The molecule has 7 nitrogen and oxygen atoms in total. The minimum atomic E-state index is -3.16. The first-order valence-electron chi connectivity index (χ1n) is 8.37. The molecule has 0 bridgehead atoms. The van der Waals surface area contributed by atoms with E-state index in [1.54, 1.807) is 12.1 Å². The minimum Gasteiger partial charge on any atom is -0.373 e. The number of rotatable bonds is 6. The van der Waals surface area contributed by atoms with Crippen molar-refractivity contribution >= 4 is 23.5 Å². The third-order valence-electron chi connectivity index (χ3n) is 4.50. The third-order valence-corrected chi connectivity index (χ3v) is 4.96. The first kappa shape index (κ1) is 19.7. The molecule has 146 valence electrons. The van der Waals surface area contributed by atoms with Crippen LogP contribution >= 0.6 is 11.9 Å². The van der Waals surface area contributed by atoms with Gasteiger partial charge in [0.25, 0.3) is 11.8 Å². The van der Waals surface area contributed by atoms with E-state index in [1.807, 2.05) is 6.92 Å². The van der Waals surface area contributed by atoms with E-state index in [9.17, 15) is 13.6 Å². The van der Waals surface area contributed by atoms with Gasteiger partial charge >= 0.3 is 0 Å². The minimum absolute atomic E-state index is 0.0852. The summed E-state index contributed by atoms with van der Waals surface area (Å²) in [6.45, 7) is 4.93. The van der Waals surface area contributed by atoms with Gasteiger partial charge in [0.05, 0.1) is 18.8 Å². The van der Waals surface area contributed by atoms with E-state index in [-0.39, 0.29) is 17.8 Å². The molecule has 27 heavy (non-hydrogen) atoms. The van der Waals surface area contributed by atoms with Crippen molar-refractivity contribution < 1.29 is 18.3 Å². The highest BCUT2D eigenvalue weighted by molar-refractivity contribution is 7.97. The molecule has 0 aliphatic carbocycles. The number of hydrogen-bond acceptors (Lipinski definition) is 6. The second-order valence-corrected chi connectivity index (χ2v) is 7.53. The molecule has 2 aromatic heterocycles. The molecule has 2 aromatic rings. The number of alkyl halides is 2. The van der Waals surface area contributed by atoms with Crippen molar-refractivity contribution in [2.24, 2.45) is 5.14 Å². The summed E-state index contributed by atoms with van der Waals surface area (Å²) >= 11 is 0.942. The number of nitrogens with two attached hydrogens (primary N) is 1. The SMILES string of the molecule is Cc1c(C(C)(F)F)nn(CC2(C)CCO2)c1C(=O)Nc1ccnc(SN)c1. The van der Waals surface area contributed by atoms with Crippen molar-refractivity contribution in [3.05, 3.63) is 35.3 Å². The maximum absolute atomic E-state index is 14.0. The van der Waals surface area contributed by atoms with Gasteiger partial charge in [0.15, 0.2) is 0 Å². The number of aromatic nitrogens is 3. The average Bonchev–Trinajstić information content (AvgIpc) is 2.90. The smallest absolute Gasteiger partial charge is 0.289 e. The van der Waals surface area contributed by atoms with E-state index in [1.165, 1.54) is 17.8 Å². The van der Waals surface area contributed by atoms with E-state index in [0.29, 0.717) is 17.3 Å². The second kappa shape index (κ2) is 7.17. The van der Waals surface area contributed by atoms with Crippen LogP contribution in [0.25, 0.3) is 0 Å². The first-order chi connectivity index (χ1) is 12.6. The Hall–Kier alpha value is -2.04. The lowest BCUT2D eigenvalue weighted by Crippen LogP contribution is -2.45. The van der Waals surface area contributed by atoms with Crippen LogP contribution in [-0.2, 0) is 17.2 Å². The number of carbonyl (C=O) groups excluding carboxylic acids is 1. The predicted octanol–water partition coefficient (Wildman–Crippen LogP) is 3.10. The van der Waals surface area contributed by atoms with Crippen LogP contribution < -0.4 is 10.5 Å². The molecular weight excluding hydrogens is 376 g/mol. The van der Waals surface area contributed by atoms with Crippen molar-refractivity contribution in [1.82, 2.24) is 14.8 Å². The summed E-state index contributed by atoms with van der Waals surface area (Å²) in [7, 11) is 0. The zero-order valence-electron chi connectivity index (χ0n) is 15.3. The van der Waals surface area contributed by atoms with Gasteiger partial charge in [0.2, 0.25) is 0 Å². The molecule has 1 fully saturated rings. The average molecular weight is 397 g/mol. The van der Waals surface area contributed by atoms with Crippen molar-refractivity contribution in [2.75, 3.05) is 11.9 Å². The number of anilines is 1. The molecule has 1 aliphatic heterocycles. The molecule has 1 aliphatic rings. The number of halogens is 2. The van der Waals surface area contributed by atoms with Gasteiger partial charge in [0.1, 0.15) is 16.4 Å². The van der Waals surface area contributed by atoms with Crippen LogP contribution in [0.1, 0.15) is 42.0 Å². The number of nitrogens with one attached hydrogen (secondary N) is 1. The van der Waals surface area contributed by atoms with Gasteiger partial charge in [-0.05, 0) is 37.9 Å². The fourth-order valence-corrected chi connectivity index (χ4v) is 3.32. The third kappa shape index (κ3) is 4.12. The number of hydrogen-bond donors (Lipinski definition) is 2. The maximum atomic E-state index is 14.0. The van der Waals surface area contributed by atoms with Crippen molar-refractivity contribution in [3.63, 3.8) is 0 Å². The van der Waals surface area contributed by atoms with Gasteiger partial charge in [0, 0.05) is 30.8 Å². The van der Waals surface area contributed by atoms with Gasteiger partial charge in [-0.1, -0.05) is 0 Å². The summed E-state index contributed by atoms with van der Waals surface area (Å²) in [5.74, 6) is -3.69. The number of nitrogens with zero attached hydrogens (tertiary/aromatic N) is 3. The molecule has 3 heterocycles. The Kier molecular flexibility index (Phi) is 5.24. The Morgan fingerprint density at radius 3 is 2.81 bits per heavy atom. The number of pyridine rings is 1. The summed E-state index contributed by atoms with van der Waals surface area (Å²) in [4.78, 5) is 16.9. The summed E-state index contributed by atoms with van der Waals surface area (Å²) < 4.78 is 34.8. The molecule has 0 spiro atoms. The molecule has 0 radical (unpaired) electrons. The zero-order valence-corrected chi connectivity index (χ0v) is 16.1. The standard InChI is InChI=1S/C17H21F2N5O2S/c1-10-13(15(25)22-11-4-6-21-12(8-11)27-20)24(9-16(2)5-7-26-16)23-14(10)17(3,18)19/h4,6,8H,5,7,9,20H2,1-3H3,(H,21,22,25). The van der Waals surface area contributed by atoms with Gasteiger partial charge in [-0.25, -0.2) is 4.98 Å². The van der Waals surface area contributed by atoms with E-state index in [4.69, 9.17) is 9.88 Å². The molecule has 10 heteroatoms. The molecular formula is C17H21F2N5O2S.